The fourth-order valence-electron chi connectivity index (χ4n) is 1.10. The van der Waals surface area contributed by atoms with Crippen LogP contribution in [0.15, 0.2) is 0 Å². The summed E-state index contributed by atoms with van der Waals surface area (Å²) in [6.45, 7) is 2.01. The van der Waals surface area contributed by atoms with Gasteiger partial charge in [0.25, 0.3) is 0 Å². The average Bonchev–Trinajstić information content (AvgIpc) is 2.04. The molecule has 0 amide bonds. The van der Waals surface area contributed by atoms with Gasteiger partial charge in [-0.2, -0.15) is 49.6 Å². The van der Waals surface area contributed by atoms with Crippen LogP contribution in [0.3, 0.4) is 0 Å². The monoisotopic (exact) mass is 257 g/mol. The highest BCUT2D eigenvalue weighted by Gasteiger charge is 2.09. The molecule has 0 aliphatic heterocycles. The van der Waals surface area contributed by atoms with Crippen molar-refractivity contribution in [1.82, 2.24) is 4.90 Å². The predicted octanol–water partition coefficient (Wildman–Crippen LogP) is 1.81. The smallest absolute Gasteiger partial charge is 0.0235 e. The molecule has 0 saturated carbocycles. The first-order valence-corrected chi connectivity index (χ1v) is 7.30. The molecule has 0 aromatic carbocycles. The molecule has 0 heterocycles. The molecule has 0 fully saturated rings. The Morgan fingerprint density at radius 2 is 1.77 bits per heavy atom. The van der Waals surface area contributed by atoms with Crippen LogP contribution in [0.1, 0.15) is 0 Å². The highest BCUT2D eigenvalue weighted by atomic mass is 32.2. The van der Waals surface area contributed by atoms with E-state index in [9.17, 15) is 0 Å². The second-order valence-corrected chi connectivity index (χ2v) is 5.90. The molecule has 0 bridgehead atoms. The maximum atomic E-state index is 4.49. The lowest BCUT2D eigenvalue weighted by atomic mass is 10.4. The average molecular weight is 258 g/mol. The van der Waals surface area contributed by atoms with Gasteiger partial charge in [-0.1, -0.05) is 0 Å². The van der Waals surface area contributed by atoms with Crippen LogP contribution in [0.25, 0.3) is 0 Å². The van der Waals surface area contributed by atoms with Gasteiger partial charge >= 0.3 is 0 Å². The molecule has 0 aromatic heterocycles. The molecule has 5 heteroatoms. The van der Waals surface area contributed by atoms with Gasteiger partial charge in [0.05, 0.1) is 0 Å². The first-order valence-electron chi connectivity index (χ1n) is 4.24. The second-order valence-electron chi connectivity index (χ2n) is 3.17. The number of hydrogen-bond acceptors (Lipinski definition) is 5. The standard InChI is InChI=1S/C8H19NS4/c1-9(3-7(11)5-10)4-8(12)6-13-2/h7-8,10-12H,3-6H2,1-2H3. The summed E-state index contributed by atoms with van der Waals surface area (Å²) in [6.07, 6.45) is 2.11. The summed E-state index contributed by atoms with van der Waals surface area (Å²) in [7, 11) is 2.11. The molecule has 0 aromatic rings. The molecule has 0 rings (SSSR count). The molecule has 0 aliphatic carbocycles. The van der Waals surface area contributed by atoms with Crippen molar-refractivity contribution in [3.05, 3.63) is 0 Å². The van der Waals surface area contributed by atoms with Crippen molar-refractivity contribution in [2.24, 2.45) is 0 Å². The lowest BCUT2D eigenvalue weighted by molar-refractivity contribution is 0.346. The van der Waals surface area contributed by atoms with Crippen molar-refractivity contribution < 1.29 is 0 Å². The summed E-state index contributed by atoms with van der Waals surface area (Å²) >= 11 is 14.9. The normalized spacial score (nSPS) is 16.2. The Kier molecular flexibility index (Phi) is 9.56. The van der Waals surface area contributed by atoms with Crippen molar-refractivity contribution in [3.8, 4) is 0 Å². The van der Waals surface area contributed by atoms with E-state index in [-0.39, 0.29) is 0 Å². The summed E-state index contributed by atoms with van der Waals surface area (Å²) in [4.78, 5) is 2.27. The maximum absolute atomic E-state index is 4.49. The van der Waals surface area contributed by atoms with Crippen LogP contribution in [-0.2, 0) is 0 Å². The van der Waals surface area contributed by atoms with Crippen LogP contribution in [0, 0.1) is 0 Å². The van der Waals surface area contributed by atoms with Crippen LogP contribution in [0.5, 0.6) is 0 Å². The van der Waals surface area contributed by atoms with Crippen LogP contribution >= 0.6 is 49.6 Å². The molecular weight excluding hydrogens is 238 g/mol. The highest BCUT2D eigenvalue weighted by molar-refractivity contribution is 7.99. The zero-order valence-corrected chi connectivity index (χ0v) is 11.7. The lowest BCUT2D eigenvalue weighted by Gasteiger charge is -2.22. The Bertz CT molecular complexity index is 123. The van der Waals surface area contributed by atoms with E-state index in [1.807, 2.05) is 11.8 Å². The van der Waals surface area contributed by atoms with Gasteiger partial charge in [0, 0.05) is 35.1 Å². The van der Waals surface area contributed by atoms with Gasteiger partial charge in [-0.25, -0.2) is 0 Å². The van der Waals surface area contributed by atoms with Gasteiger partial charge in [0.2, 0.25) is 0 Å². The molecule has 0 spiro atoms. The van der Waals surface area contributed by atoms with E-state index in [4.69, 9.17) is 0 Å². The SMILES string of the molecule is CSCC(S)CN(C)CC(S)CS. The third kappa shape index (κ3) is 8.36. The van der Waals surface area contributed by atoms with Crippen molar-refractivity contribution in [2.75, 3.05) is 37.9 Å². The Morgan fingerprint density at radius 1 is 1.23 bits per heavy atom. The zero-order chi connectivity index (χ0) is 10.3. The third-order valence-corrected chi connectivity index (χ3v) is 4.02. The molecule has 2 atom stereocenters. The Hall–Kier alpha value is 1.36. The van der Waals surface area contributed by atoms with E-state index < -0.39 is 0 Å². The van der Waals surface area contributed by atoms with Crippen LogP contribution in [0.4, 0.5) is 0 Å². The molecule has 13 heavy (non-hydrogen) atoms. The van der Waals surface area contributed by atoms with E-state index in [1.165, 1.54) is 0 Å². The number of thioether (sulfide) groups is 1. The van der Waals surface area contributed by atoms with Crippen molar-refractivity contribution in [1.29, 1.82) is 0 Å². The fourth-order valence-corrected chi connectivity index (χ4v) is 2.71. The molecule has 2 unspecified atom stereocenters. The molecule has 0 radical (unpaired) electrons. The summed E-state index contributed by atoms with van der Waals surface area (Å²) in [5, 5.41) is 0.823. The van der Waals surface area contributed by atoms with Gasteiger partial charge in [-0.3, -0.25) is 0 Å². The molecule has 0 N–H and O–H groups in total. The van der Waals surface area contributed by atoms with E-state index >= 15 is 0 Å². The van der Waals surface area contributed by atoms with Crippen LogP contribution < -0.4 is 0 Å². The maximum Gasteiger partial charge on any atom is 0.0235 e. The van der Waals surface area contributed by atoms with Gasteiger partial charge in [-0.15, -0.1) is 0 Å². The first kappa shape index (κ1) is 14.4. The van der Waals surface area contributed by atoms with E-state index in [0.29, 0.717) is 10.5 Å². The second kappa shape index (κ2) is 8.65. The molecule has 0 aliphatic rings. The summed E-state index contributed by atoms with van der Waals surface area (Å²) in [5.74, 6) is 1.93. The topological polar surface area (TPSA) is 3.24 Å². The predicted molar refractivity (Wildman–Crippen MR) is 75.3 cm³/mol. The van der Waals surface area contributed by atoms with Gasteiger partial charge < -0.3 is 4.90 Å². The molecule has 0 saturated heterocycles. The number of nitrogens with zero attached hydrogens (tertiary/aromatic N) is 1. The van der Waals surface area contributed by atoms with E-state index in [0.717, 1.165) is 24.6 Å². The highest BCUT2D eigenvalue weighted by Crippen LogP contribution is 2.07. The van der Waals surface area contributed by atoms with E-state index in [2.05, 4.69) is 56.1 Å². The summed E-state index contributed by atoms with van der Waals surface area (Å²) in [5.41, 5.74) is 0. The van der Waals surface area contributed by atoms with Crippen molar-refractivity contribution in [3.63, 3.8) is 0 Å². The number of rotatable bonds is 7. The minimum absolute atomic E-state index is 0.364. The zero-order valence-electron chi connectivity index (χ0n) is 8.18. The minimum Gasteiger partial charge on any atom is -0.304 e. The van der Waals surface area contributed by atoms with E-state index in [1.54, 1.807) is 0 Å². The van der Waals surface area contributed by atoms with Gasteiger partial charge in [0.15, 0.2) is 0 Å². The fraction of sp³-hybridized carbons (Fsp3) is 1.00. The first-order chi connectivity index (χ1) is 6.10. The summed E-state index contributed by atoms with van der Waals surface area (Å²) in [6, 6.07) is 0. The lowest BCUT2D eigenvalue weighted by Crippen LogP contribution is -2.33. The largest absolute Gasteiger partial charge is 0.304 e. The molecule has 80 valence electrons. The molecular formula is C8H19NS4. The van der Waals surface area contributed by atoms with Gasteiger partial charge in [-0.05, 0) is 13.3 Å². The Balaban J connectivity index is 3.54. The minimum atomic E-state index is 0.364. The van der Waals surface area contributed by atoms with Crippen LogP contribution in [-0.4, -0.2) is 53.3 Å². The van der Waals surface area contributed by atoms with Crippen LogP contribution in [0.2, 0.25) is 0 Å². The third-order valence-electron chi connectivity index (χ3n) is 1.61. The number of hydrogen-bond donors (Lipinski definition) is 3. The van der Waals surface area contributed by atoms with Crippen molar-refractivity contribution >= 4 is 49.6 Å². The van der Waals surface area contributed by atoms with Gasteiger partial charge in [0.1, 0.15) is 0 Å². The Morgan fingerprint density at radius 3 is 2.23 bits per heavy atom. The summed E-state index contributed by atoms with van der Waals surface area (Å²) < 4.78 is 0. The Labute approximate surface area is 103 Å². The molecule has 1 nitrogen and oxygen atoms in total. The number of thiol groups is 3. The quantitative estimate of drug-likeness (QED) is 0.597. The van der Waals surface area contributed by atoms with Crippen molar-refractivity contribution in [2.45, 2.75) is 10.5 Å².